The molecule has 126 valence electrons. The Morgan fingerprint density at radius 2 is 2.00 bits per heavy atom. The topological polar surface area (TPSA) is 60.0 Å². The third-order valence-electron chi connectivity index (χ3n) is 4.48. The number of ether oxygens (including phenoxy) is 3. The van der Waals surface area contributed by atoms with Crippen LogP contribution in [0.4, 0.5) is 5.69 Å². The monoisotopic (exact) mass is 320 g/mol. The maximum absolute atomic E-state index is 12.4. The molecule has 0 bridgehead atoms. The number of anilines is 1. The van der Waals surface area contributed by atoms with Gasteiger partial charge in [-0.1, -0.05) is 6.07 Å². The summed E-state index contributed by atoms with van der Waals surface area (Å²) in [6, 6.07) is 5.87. The molecular formula is C17H24N2O4. The number of piperidine rings is 1. The van der Waals surface area contributed by atoms with Crippen LogP contribution in [0.15, 0.2) is 18.2 Å². The average Bonchev–Trinajstić information content (AvgIpc) is 3.01. The van der Waals surface area contributed by atoms with Crippen LogP contribution in [0.3, 0.4) is 0 Å². The SMILES string of the molecule is COc1ccc(C)cc1NCC(=O)N1CCC2(CC1)OCCO2. The van der Waals surface area contributed by atoms with E-state index in [4.69, 9.17) is 14.2 Å². The van der Waals surface area contributed by atoms with Gasteiger partial charge in [-0.05, 0) is 24.6 Å². The predicted octanol–water partition coefficient (Wildman–Crippen LogP) is 1.78. The van der Waals surface area contributed by atoms with E-state index < -0.39 is 5.79 Å². The summed E-state index contributed by atoms with van der Waals surface area (Å²) in [4.78, 5) is 14.3. The van der Waals surface area contributed by atoms with Crippen LogP contribution in [-0.2, 0) is 14.3 Å². The first kappa shape index (κ1) is 16.1. The molecule has 3 rings (SSSR count). The van der Waals surface area contributed by atoms with Crippen LogP contribution in [-0.4, -0.2) is 56.6 Å². The number of hydrogen-bond donors (Lipinski definition) is 1. The fourth-order valence-corrected chi connectivity index (χ4v) is 3.13. The van der Waals surface area contributed by atoms with E-state index >= 15 is 0 Å². The molecule has 2 aliphatic rings. The molecule has 2 aliphatic heterocycles. The summed E-state index contributed by atoms with van der Waals surface area (Å²) in [7, 11) is 1.63. The van der Waals surface area contributed by atoms with Crippen molar-refractivity contribution in [1.29, 1.82) is 0 Å². The summed E-state index contributed by atoms with van der Waals surface area (Å²) in [5.74, 6) is 0.388. The van der Waals surface area contributed by atoms with Gasteiger partial charge in [-0.2, -0.15) is 0 Å². The Morgan fingerprint density at radius 1 is 1.30 bits per heavy atom. The van der Waals surface area contributed by atoms with E-state index in [0.29, 0.717) is 26.3 Å². The molecule has 1 amide bonds. The lowest BCUT2D eigenvalue weighted by atomic mass is 10.0. The Balaban J connectivity index is 1.53. The molecular weight excluding hydrogens is 296 g/mol. The lowest BCUT2D eigenvalue weighted by Gasteiger charge is -2.37. The van der Waals surface area contributed by atoms with Gasteiger partial charge in [-0.25, -0.2) is 0 Å². The molecule has 6 nitrogen and oxygen atoms in total. The third-order valence-corrected chi connectivity index (χ3v) is 4.48. The molecule has 0 atom stereocenters. The van der Waals surface area contributed by atoms with E-state index in [-0.39, 0.29) is 12.5 Å². The summed E-state index contributed by atoms with van der Waals surface area (Å²) in [6.45, 7) is 4.93. The predicted molar refractivity (Wildman–Crippen MR) is 86.7 cm³/mol. The Morgan fingerprint density at radius 3 is 2.65 bits per heavy atom. The molecule has 0 radical (unpaired) electrons. The van der Waals surface area contributed by atoms with Gasteiger partial charge < -0.3 is 24.4 Å². The highest BCUT2D eigenvalue weighted by Crippen LogP contribution is 2.31. The minimum absolute atomic E-state index is 0.0846. The zero-order chi connectivity index (χ0) is 16.3. The maximum Gasteiger partial charge on any atom is 0.241 e. The van der Waals surface area contributed by atoms with Crippen molar-refractivity contribution in [3.63, 3.8) is 0 Å². The van der Waals surface area contributed by atoms with Crippen molar-refractivity contribution in [3.8, 4) is 5.75 Å². The van der Waals surface area contributed by atoms with E-state index in [9.17, 15) is 4.79 Å². The van der Waals surface area contributed by atoms with Gasteiger partial charge in [-0.15, -0.1) is 0 Å². The van der Waals surface area contributed by atoms with E-state index in [1.807, 2.05) is 30.0 Å². The van der Waals surface area contributed by atoms with Crippen LogP contribution in [0, 0.1) is 6.92 Å². The van der Waals surface area contributed by atoms with Crippen LogP contribution in [0.1, 0.15) is 18.4 Å². The quantitative estimate of drug-likeness (QED) is 0.916. The fourth-order valence-electron chi connectivity index (χ4n) is 3.13. The second-order valence-corrected chi connectivity index (χ2v) is 6.05. The largest absolute Gasteiger partial charge is 0.495 e. The van der Waals surface area contributed by atoms with E-state index in [1.165, 1.54) is 0 Å². The smallest absolute Gasteiger partial charge is 0.241 e. The van der Waals surface area contributed by atoms with Gasteiger partial charge in [0, 0.05) is 25.9 Å². The normalized spacial score (nSPS) is 19.8. The second kappa shape index (κ2) is 6.76. The number of nitrogens with one attached hydrogen (secondary N) is 1. The lowest BCUT2D eigenvalue weighted by molar-refractivity contribution is -0.187. The van der Waals surface area contributed by atoms with Gasteiger partial charge in [-0.3, -0.25) is 4.79 Å². The van der Waals surface area contributed by atoms with Crippen LogP contribution >= 0.6 is 0 Å². The van der Waals surface area contributed by atoms with Gasteiger partial charge in [0.1, 0.15) is 5.75 Å². The van der Waals surface area contributed by atoms with Crippen molar-refractivity contribution in [2.75, 3.05) is 45.3 Å². The zero-order valence-electron chi connectivity index (χ0n) is 13.8. The highest BCUT2D eigenvalue weighted by Gasteiger charge is 2.40. The van der Waals surface area contributed by atoms with Crippen molar-refractivity contribution in [2.24, 2.45) is 0 Å². The Labute approximate surface area is 136 Å². The second-order valence-electron chi connectivity index (χ2n) is 6.05. The molecule has 2 saturated heterocycles. The number of nitrogens with zero attached hydrogens (tertiary/aromatic N) is 1. The highest BCUT2D eigenvalue weighted by molar-refractivity contribution is 5.81. The third kappa shape index (κ3) is 3.59. The van der Waals surface area contributed by atoms with E-state index in [1.54, 1.807) is 7.11 Å². The molecule has 2 fully saturated rings. The standard InChI is InChI=1S/C17H24N2O4/c1-13-3-4-15(21-2)14(11-13)18-12-16(20)19-7-5-17(6-8-19)22-9-10-23-17/h3-4,11,18H,5-10,12H2,1-2H3. The minimum atomic E-state index is -0.441. The maximum atomic E-state index is 12.4. The zero-order valence-corrected chi connectivity index (χ0v) is 13.8. The first-order valence-corrected chi connectivity index (χ1v) is 8.06. The van der Waals surface area contributed by atoms with Crippen LogP contribution in [0.2, 0.25) is 0 Å². The minimum Gasteiger partial charge on any atom is -0.495 e. The number of aryl methyl sites for hydroxylation is 1. The summed E-state index contributed by atoms with van der Waals surface area (Å²) < 4.78 is 16.7. The van der Waals surface area contributed by atoms with Crippen LogP contribution < -0.4 is 10.1 Å². The van der Waals surface area contributed by atoms with Gasteiger partial charge >= 0.3 is 0 Å². The number of carbonyl (C=O) groups excluding carboxylic acids is 1. The molecule has 0 unspecified atom stereocenters. The molecule has 0 aliphatic carbocycles. The number of rotatable bonds is 4. The lowest BCUT2D eigenvalue weighted by Crippen LogP contribution is -2.48. The molecule has 1 N–H and O–H groups in total. The number of methoxy groups -OCH3 is 1. The highest BCUT2D eigenvalue weighted by atomic mass is 16.7. The average molecular weight is 320 g/mol. The van der Waals surface area contributed by atoms with Crippen LogP contribution in [0.25, 0.3) is 0 Å². The Hall–Kier alpha value is -1.79. The molecule has 1 aromatic rings. The number of benzene rings is 1. The Bertz CT molecular complexity index is 560. The van der Waals surface area contributed by atoms with Crippen LogP contribution in [0.5, 0.6) is 5.75 Å². The summed E-state index contributed by atoms with van der Waals surface area (Å²) in [5.41, 5.74) is 1.97. The van der Waals surface area contributed by atoms with Crippen molar-refractivity contribution >= 4 is 11.6 Å². The number of carbonyl (C=O) groups is 1. The van der Waals surface area contributed by atoms with E-state index in [0.717, 1.165) is 29.8 Å². The molecule has 1 spiro atoms. The van der Waals surface area contributed by atoms with Crippen molar-refractivity contribution in [3.05, 3.63) is 23.8 Å². The van der Waals surface area contributed by atoms with Gasteiger partial charge in [0.05, 0.1) is 32.6 Å². The summed E-state index contributed by atoms with van der Waals surface area (Å²) in [6.07, 6.45) is 1.49. The number of amides is 1. The first-order chi connectivity index (χ1) is 11.1. The molecule has 1 aromatic carbocycles. The fraction of sp³-hybridized carbons (Fsp3) is 0.588. The number of hydrogen-bond acceptors (Lipinski definition) is 5. The molecule has 0 saturated carbocycles. The molecule has 23 heavy (non-hydrogen) atoms. The van der Waals surface area contributed by atoms with Gasteiger partial charge in [0.25, 0.3) is 0 Å². The van der Waals surface area contributed by atoms with Gasteiger partial charge in [0.15, 0.2) is 5.79 Å². The number of likely N-dealkylation sites (tertiary alicyclic amines) is 1. The molecule has 6 heteroatoms. The van der Waals surface area contributed by atoms with E-state index in [2.05, 4.69) is 5.32 Å². The van der Waals surface area contributed by atoms with Crippen molar-refractivity contribution < 1.29 is 19.0 Å². The summed E-state index contributed by atoms with van der Waals surface area (Å²) in [5, 5.41) is 3.18. The summed E-state index contributed by atoms with van der Waals surface area (Å²) >= 11 is 0. The molecule has 2 heterocycles. The first-order valence-electron chi connectivity index (χ1n) is 8.06. The van der Waals surface area contributed by atoms with Gasteiger partial charge in [0.2, 0.25) is 5.91 Å². The Kier molecular flexibility index (Phi) is 4.73. The molecule has 0 aromatic heterocycles. The van der Waals surface area contributed by atoms with Crippen molar-refractivity contribution in [1.82, 2.24) is 4.90 Å². The van der Waals surface area contributed by atoms with Crippen molar-refractivity contribution in [2.45, 2.75) is 25.6 Å².